The number of alkyl halides is 1. The SMILES string of the molecule is CCOC(F)(C[O])OCC. The van der Waals surface area contributed by atoms with Crippen molar-refractivity contribution in [2.24, 2.45) is 0 Å². The van der Waals surface area contributed by atoms with Crippen LogP contribution in [0.4, 0.5) is 4.39 Å². The molecule has 0 aliphatic rings. The van der Waals surface area contributed by atoms with E-state index in [0.717, 1.165) is 0 Å². The second kappa shape index (κ2) is 4.60. The van der Waals surface area contributed by atoms with Crippen LogP contribution in [0.15, 0.2) is 0 Å². The minimum atomic E-state index is -2.41. The monoisotopic (exact) mass is 151 g/mol. The molecule has 0 aromatic rings. The minimum absolute atomic E-state index is 0.138. The van der Waals surface area contributed by atoms with Crippen LogP contribution in [0.5, 0.6) is 0 Å². The minimum Gasteiger partial charge on any atom is -0.322 e. The van der Waals surface area contributed by atoms with Crippen LogP contribution in [0.25, 0.3) is 0 Å². The van der Waals surface area contributed by atoms with Gasteiger partial charge in [0, 0.05) is 13.2 Å². The summed E-state index contributed by atoms with van der Waals surface area (Å²) in [4.78, 5) is 0. The Morgan fingerprint density at radius 1 is 1.30 bits per heavy atom. The zero-order valence-electron chi connectivity index (χ0n) is 6.22. The van der Waals surface area contributed by atoms with E-state index in [4.69, 9.17) is 0 Å². The van der Waals surface area contributed by atoms with Crippen LogP contribution in [0.1, 0.15) is 13.8 Å². The fourth-order valence-electron chi connectivity index (χ4n) is 0.556. The zero-order chi connectivity index (χ0) is 8.04. The largest absolute Gasteiger partial charge is 0.347 e. The fraction of sp³-hybridized carbons (Fsp3) is 1.00. The second-order valence-electron chi connectivity index (χ2n) is 1.67. The molecule has 0 spiro atoms. The average Bonchev–Trinajstić information content (AvgIpc) is 1.89. The van der Waals surface area contributed by atoms with Gasteiger partial charge in [-0.3, -0.25) is 0 Å². The molecule has 0 amide bonds. The van der Waals surface area contributed by atoms with Gasteiger partial charge in [0.05, 0.1) is 0 Å². The molecule has 1 radical (unpaired) electrons. The van der Waals surface area contributed by atoms with E-state index < -0.39 is 12.6 Å². The molecule has 0 unspecified atom stereocenters. The highest BCUT2D eigenvalue weighted by atomic mass is 19.2. The summed E-state index contributed by atoms with van der Waals surface area (Å²) in [7, 11) is 0. The Bertz CT molecular complexity index is 81.1. The molecule has 0 aliphatic heterocycles. The van der Waals surface area contributed by atoms with Crippen molar-refractivity contribution >= 4 is 0 Å². The second-order valence-corrected chi connectivity index (χ2v) is 1.67. The Morgan fingerprint density at radius 2 is 1.70 bits per heavy atom. The van der Waals surface area contributed by atoms with Crippen molar-refractivity contribution in [2.75, 3.05) is 19.8 Å². The fourth-order valence-corrected chi connectivity index (χ4v) is 0.556. The first-order valence-electron chi connectivity index (χ1n) is 3.23. The van der Waals surface area contributed by atoms with Gasteiger partial charge in [0.1, 0.15) is 0 Å². The molecule has 0 fully saturated rings. The number of hydrogen-bond acceptors (Lipinski definition) is 2. The zero-order valence-corrected chi connectivity index (χ0v) is 6.22. The predicted molar refractivity (Wildman–Crippen MR) is 32.6 cm³/mol. The number of ether oxygens (including phenoxy) is 2. The molecule has 0 atom stereocenters. The van der Waals surface area contributed by atoms with Crippen LogP contribution >= 0.6 is 0 Å². The summed E-state index contributed by atoms with van der Waals surface area (Å²) in [5.74, 6) is 0. The highest BCUT2D eigenvalue weighted by Gasteiger charge is 2.30. The molecule has 0 heterocycles. The topological polar surface area (TPSA) is 38.4 Å². The van der Waals surface area contributed by atoms with Gasteiger partial charge in [-0.25, -0.2) is 5.11 Å². The molecule has 0 N–H and O–H groups in total. The van der Waals surface area contributed by atoms with Gasteiger partial charge in [-0.2, -0.15) is 4.39 Å². The van der Waals surface area contributed by atoms with Crippen LogP contribution in [-0.2, 0) is 14.6 Å². The van der Waals surface area contributed by atoms with Gasteiger partial charge in [0.2, 0.25) is 0 Å². The third kappa shape index (κ3) is 3.10. The first kappa shape index (κ1) is 9.81. The Balaban J connectivity index is 3.69. The number of halogens is 1. The Hall–Kier alpha value is -0.190. The normalized spacial score (nSPS) is 12.0. The van der Waals surface area contributed by atoms with E-state index in [0.29, 0.717) is 0 Å². The highest BCUT2D eigenvalue weighted by molar-refractivity contribution is 4.49. The predicted octanol–water partition coefficient (Wildman–Crippen LogP) is 1.11. The van der Waals surface area contributed by atoms with Crippen LogP contribution in [0.2, 0.25) is 0 Å². The van der Waals surface area contributed by atoms with Gasteiger partial charge in [-0.15, -0.1) is 0 Å². The lowest BCUT2D eigenvalue weighted by Gasteiger charge is -2.20. The van der Waals surface area contributed by atoms with Crippen molar-refractivity contribution in [1.82, 2.24) is 0 Å². The number of hydrogen-bond donors (Lipinski definition) is 0. The maximum absolute atomic E-state index is 12.8. The van der Waals surface area contributed by atoms with Crippen LogP contribution in [-0.4, -0.2) is 25.9 Å². The van der Waals surface area contributed by atoms with Gasteiger partial charge in [-0.05, 0) is 13.8 Å². The summed E-state index contributed by atoms with van der Waals surface area (Å²) in [6.07, 6.45) is 0. The maximum Gasteiger partial charge on any atom is 0.347 e. The van der Waals surface area contributed by atoms with Crippen molar-refractivity contribution in [3.8, 4) is 0 Å². The van der Waals surface area contributed by atoms with Crippen LogP contribution in [0, 0.1) is 0 Å². The van der Waals surface area contributed by atoms with Gasteiger partial charge in [0.25, 0.3) is 0 Å². The molecule has 4 heteroatoms. The molecular weight excluding hydrogens is 139 g/mol. The molecule has 0 aromatic carbocycles. The molecule has 0 bridgehead atoms. The van der Waals surface area contributed by atoms with E-state index in [2.05, 4.69) is 9.47 Å². The standard InChI is InChI=1S/C6H12FO3/c1-3-9-6(7,5-8)10-4-2/h3-5H2,1-2H3. The first-order valence-corrected chi connectivity index (χ1v) is 3.23. The smallest absolute Gasteiger partial charge is 0.322 e. The van der Waals surface area contributed by atoms with Crippen molar-refractivity contribution in [2.45, 2.75) is 19.9 Å². The van der Waals surface area contributed by atoms with Gasteiger partial charge >= 0.3 is 6.04 Å². The summed E-state index contributed by atoms with van der Waals surface area (Å²) in [6.45, 7) is 2.46. The lowest BCUT2D eigenvalue weighted by molar-refractivity contribution is -0.333. The third-order valence-corrected chi connectivity index (χ3v) is 0.892. The lowest BCUT2D eigenvalue weighted by Crippen LogP contribution is -2.34. The third-order valence-electron chi connectivity index (χ3n) is 0.892. The van der Waals surface area contributed by atoms with E-state index in [1.165, 1.54) is 0 Å². The van der Waals surface area contributed by atoms with E-state index in [1.807, 2.05) is 0 Å². The van der Waals surface area contributed by atoms with E-state index >= 15 is 0 Å². The van der Waals surface area contributed by atoms with Crippen LogP contribution in [0.3, 0.4) is 0 Å². The highest BCUT2D eigenvalue weighted by Crippen LogP contribution is 2.13. The molecule has 0 aromatic heterocycles. The molecule has 0 aliphatic carbocycles. The molecule has 10 heavy (non-hydrogen) atoms. The summed E-state index contributed by atoms with van der Waals surface area (Å²) in [5.41, 5.74) is 0. The van der Waals surface area contributed by atoms with Crippen molar-refractivity contribution in [3.05, 3.63) is 0 Å². The van der Waals surface area contributed by atoms with Crippen molar-refractivity contribution in [3.63, 3.8) is 0 Å². The Labute approximate surface area is 59.8 Å². The summed E-state index contributed by atoms with van der Waals surface area (Å²) < 4.78 is 21.6. The summed E-state index contributed by atoms with van der Waals surface area (Å²) in [5, 5.41) is 10.1. The lowest BCUT2D eigenvalue weighted by atomic mass is 10.6. The van der Waals surface area contributed by atoms with Gasteiger partial charge < -0.3 is 9.47 Å². The molecule has 0 rings (SSSR count). The Kier molecular flexibility index (Phi) is 4.51. The Morgan fingerprint density at radius 3 is 1.90 bits per heavy atom. The molecule has 0 saturated carbocycles. The van der Waals surface area contributed by atoms with Crippen molar-refractivity contribution < 1.29 is 19.0 Å². The van der Waals surface area contributed by atoms with Crippen LogP contribution < -0.4 is 0 Å². The van der Waals surface area contributed by atoms with Crippen molar-refractivity contribution in [1.29, 1.82) is 0 Å². The van der Waals surface area contributed by atoms with E-state index in [1.54, 1.807) is 13.8 Å². The van der Waals surface area contributed by atoms with Gasteiger partial charge in [0.15, 0.2) is 6.61 Å². The molecule has 3 nitrogen and oxygen atoms in total. The van der Waals surface area contributed by atoms with E-state index in [-0.39, 0.29) is 13.2 Å². The maximum atomic E-state index is 12.8. The first-order chi connectivity index (χ1) is 4.68. The summed E-state index contributed by atoms with van der Waals surface area (Å²) >= 11 is 0. The molecular formula is C6H12FO3. The quantitative estimate of drug-likeness (QED) is 0.552. The average molecular weight is 151 g/mol. The molecule has 0 saturated heterocycles. The summed E-state index contributed by atoms with van der Waals surface area (Å²) in [6, 6.07) is -2.41. The van der Waals surface area contributed by atoms with Gasteiger partial charge in [-0.1, -0.05) is 0 Å². The van der Waals surface area contributed by atoms with E-state index in [9.17, 15) is 9.50 Å². The number of rotatable bonds is 5. The molecule has 61 valence electrons.